The van der Waals surface area contributed by atoms with Gasteiger partial charge in [0, 0.05) is 9.75 Å². The van der Waals surface area contributed by atoms with Crippen LogP contribution in [0.2, 0.25) is 0 Å². The molecule has 0 saturated carbocycles. The number of rotatable bonds is 2. The van der Waals surface area contributed by atoms with Gasteiger partial charge in [-0.2, -0.15) is 13.2 Å². The van der Waals surface area contributed by atoms with E-state index in [9.17, 15) is 13.2 Å². The largest absolute Gasteiger partial charge is 0.416 e. The molecule has 0 amide bonds. The van der Waals surface area contributed by atoms with Crippen LogP contribution in [0.25, 0.3) is 5.57 Å². The fraction of sp³-hybridized carbons (Fsp3) is 0.385. The van der Waals surface area contributed by atoms with Crippen LogP contribution in [0.15, 0.2) is 23.8 Å². The third kappa shape index (κ3) is 2.67. The molecule has 1 aromatic heterocycles. The minimum Gasteiger partial charge on any atom is -0.392 e. The predicted octanol–water partition coefficient (Wildman–Crippen LogP) is 4.21. The number of hydrogen-bond acceptors (Lipinski definition) is 2. The van der Waals surface area contributed by atoms with Crippen molar-refractivity contribution in [2.45, 2.75) is 32.5 Å². The fourth-order valence-corrected chi connectivity index (χ4v) is 3.01. The van der Waals surface area contributed by atoms with E-state index in [0.717, 1.165) is 15.3 Å². The number of halogens is 3. The molecular formula is C13H13F3OS. The maximum atomic E-state index is 12.6. The Bertz CT molecular complexity index is 509. The van der Waals surface area contributed by atoms with E-state index in [1.54, 1.807) is 6.07 Å². The van der Waals surface area contributed by atoms with Crippen LogP contribution in [0.1, 0.15) is 28.2 Å². The lowest BCUT2D eigenvalue weighted by Gasteiger charge is -2.15. The summed E-state index contributed by atoms with van der Waals surface area (Å²) < 4.78 is 37.9. The molecule has 0 radical (unpaired) electrons. The van der Waals surface area contributed by atoms with Gasteiger partial charge < -0.3 is 5.11 Å². The molecule has 1 aromatic rings. The number of thiophene rings is 1. The smallest absolute Gasteiger partial charge is 0.392 e. The van der Waals surface area contributed by atoms with Crippen molar-refractivity contribution in [1.82, 2.24) is 0 Å². The Labute approximate surface area is 107 Å². The summed E-state index contributed by atoms with van der Waals surface area (Å²) in [6.45, 7) is 1.79. The number of aliphatic hydroxyl groups excluding tert-OH is 1. The lowest BCUT2D eigenvalue weighted by molar-refractivity contribution is -0.0885. The number of hydrogen-bond donors (Lipinski definition) is 1. The third-order valence-corrected chi connectivity index (χ3v) is 4.11. The lowest BCUT2D eigenvalue weighted by Crippen LogP contribution is -2.12. The van der Waals surface area contributed by atoms with Gasteiger partial charge in [0.1, 0.15) is 0 Å². The molecule has 1 heterocycles. The Kier molecular flexibility index (Phi) is 3.64. The molecular weight excluding hydrogens is 261 g/mol. The Hall–Kier alpha value is -1.07. The number of aliphatic hydroxyl groups is 1. The van der Waals surface area contributed by atoms with E-state index in [1.807, 2.05) is 6.92 Å². The molecule has 1 nitrogen and oxygen atoms in total. The Balaban J connectivity index is 2.33. The third-order valence-electron chi connectivity index (χ3n) is 2.94. The number of aryl methyl sites for hydroxylation is 1. The first-order valence-electron chi connectivity index (χ1n) is 5.60. The molecule has 0 spiro atoms. The van der Waals surface area contributed by atoms with E-state index in [4.69, 9.17) is 5.11 Å². The maximum Gasteiger partial charge on any atom is 0.416 e. The van der Waals surface area contributed by atoms with Gasteiger partial charge in [0.2, 0.25) is 0 Å². The van der Waals surface area contributed by atoms with Gasteiger partial charge in [-0.25, -0.2) is 0 Å². The summed E-state index contributed by atoms with van der Waals surface area (Å²) in [6.07, 6.45) is -0.804. The molecule has 0 bridgehead atoms. The van der Waals surface area contributed by atoms with Gasteiger partial charge in [0.05, 0.1) is 12.2 Å². The average molecular weight is 274 g/mol. The van der Waals surface area contributed by atoms with E-state index in [0.29, 0.717) is 18.4 Å². The van der Waals surface area contributed by atoms with Gasteiger partial charge in [0.25, 0.3) is 0 Å². The molecule has 2 rings (SSSR count). The van der Waals surface area contributed by atoms with Gasteiger partial charge in [0.15, 0.2) is 0 Å². The molecule has 98 valence electrons. The normalized spacial score (nSPS) is 16.5. The van der Waals surface area contributed by atoms with Crippen LogP contribution in [-0.4, -0.2) is 11.3 Å². The van der Waals surface area contributed by atoms with E-state index in [-0.39, 0.29) is 6.61 Å². The van der Waals surface area contributed by atoms with E-state index < -0.39 is 11.7 Å². The first kappa shape index (κ1) is 13.4. The zero-order valence-electron chi connectivity index (χ0n) is 9.84. The van der Waals surface area contributed by atoms with E-state index >= 15 is 0 Å². The maximum absolute atomic E-state index is 12.6. The van der Waals surface area contributed by atoms with Gasteiger partial charge in [-0.15, -0.1) is 11.3 Å². The highest BCUT2D eigenvalue weighted by molar-refractivity contribution is 7.13. The Morgan fingerprint density at radius 2 is 2.11 bits per heavy atom. The van der Waals surface area contributed by atoms with Crippen molar-refractivity contribution in [3.8, 4) is 0 Å². The van der Waals surface area contributed by atoms with Gasteiger partial charge in [-0.3, -0.25) is 0 Å². The van der Waals surface area contributed by atoms with Crippen molar-refractivity contribution in [3.63, 3.8) is 0 Å². The topological polar surface area (TPSA) is 20.2 Å². The summed E-state index contributed by atoms with van der Waals surface area (Å²) in [7, 11) is 0. The summed E-state index contributed by atoms with van der Waals surface area (Å²) in [5.74, 6) is 0. The van der Waals surface area contributed by atoms with Crippen molar-refractivity contribution in [1.29, 1.82) is 0 Å². The monoisotopic (exact) mass is 274 g/mol. The summed E-state index contributed by atoms with van der Waals surface area (Å²) >= 11 is 1.44. The van der Waals surface area contributed by atoms with Crippen LogP contribution in [0.5, 0.6) is 0 Å². The summed E-state index contributed by atoms with van der Waals surface area (Å²) in [4.78, 5) is 1.78. The van der Waals surface area contributed by atoms with Crippen molar-refractivity contribution < 1.29 is 18.3 Å². The average Bonchev–Trinajstić information content (AvgIpc) is 2.70. The minimum absolute atomic E-state index is 0.0718. The van der Waals surface area contributed by atoms with Crippen molar-refractivity contribution in [2.24, 2.45) is 0 Å². The fourth-order valence-electron chi connectivity index (χ4n) is 1.93. The highest BCUT2D eigenvalue weighted by atomic mass is 32.1. The number of allylic oxidation sites excluding steroid dienone is 4. The zero-order valence-corrected chi connectivity index (χ0v) is 10.7. The highest BCUT2D eigenvalue weighted by Crippen LogP contribution is 2.37. The first-order valence-corrected chi connectivity index (χ1v) is 6.42. The molecule has 0 atom stereocenters. The van der Waals surface area contributed by atoms with Gasteiger partial charge >= 0.3 is 6.18 Å². The Morgan fingerprint density at radius 3 is 2.67 bits per heavy atom. The predicted molar refractivity (Wildman–Crippen MR) is 66.3 cm³/mol. The van der Waals surface area contributed by atoms with E-state index in [2.05, 4.69) is 0 Å². The van der Waals surface area contributed by atoms with Crippen LogP contribution in [-0.2, 0) is 6.61 Å². The molecule has 1 aliphatic carbocycles. The van der Waals surface area contributed by atoms with Crippen molar-refractivity contribution >= 4 is 16.9 Å². The zero-order chi connectivity index (χ0) is 13.3. The van der Waals surface area contributed by atoms with E-state index in [1.165, 1.54) is 23.5 Å². The first-order chi connectivity index (χ1) is 8.41. The van der Waals surface area contributed by atoms with Crippen molar-refractivity contribution in [3.05, 3.63) is 39.1 Å². The van der Waals surface area contributed by atoms with Gasteiger partial charge in [-0.05, 0) is 43.0 Å². The molecule has 1 aliphatic rings. The highest BCUT2D eigenvalue weighted by Gasteiger charge is 2.33. The molecule has 5 heteroatoms. The van der Waals surface area contributed by atoms with Crippen LogP contribution in [0, 0.1) is 6.92 Å². The number of alkyl halides is 3. The second-order valence-electron chi connectivity index (χ2n) is 4.22. The second-order valence-corrected chi connectivity index (χ2v) is 5.47. The van der Waals surface area contributed by atoms with Crippen LogP contribution < -0.4 is 0 Å². The molecule has 0 fully saturated rings. The summed E-state index contributed by atoms with van der Waals surface area (Å²) in [5.41, 5.74) is 0.928. The molecule has 0 aromatic carbocycles. The summed E-state index contributed by atoms with van der Waals surface area (Å²) in [5, 5.41) is 9.11. The molecule has 0 unspecified atom stereocenters. The second kappa shape index (κ2) is 4.90. The van der Waals surface area contributed by atoms with Crippen molar-refractivity contribution in [2.75, 3.05) is 0 Å². The molecule has 0 saturated heterocycles. The summed E-state index contributed by atoms with van der Waals surface area (Å²) in [6, 6.07) is 1.78. The molecule has 1 N–H and O–H groups in total. The van der Waals surface area contributed by atoms with Crippen LogP contribution >= 0.6 is 11.3 Å². The lowest BCUT2D eigenvalue weighted by atomic mass is 9.97. The van der Waals surface area contributed by atoms with Crippen LogP contribution in [0.3, 0.4) is 0 Å². The van der Waals surface area contributed by atoms with Gasteiger partial charge in [-0.1, -0.05) is 6.08 Å². The molecule has 0 aliphatic heterocycles. The standard InChI is InChI=1S/C13H13F3OS/c1-8-10(7-17)6-12(18-8)9-3-2-4-11(5-9)13(14,15)16/h4-6,17H,2-3,7H2,1H3. The SMILES string of the molecule is Cc1sc(C2=CC(C(F)(F)F)=CCC2)cc1CO. The Morgan fingerprint density at radius 1 is 1.39 bits per heavy atom. The molecule has 18 heavy (non-hydrogen) atoms. The minimum atomic E-state index is -4.28. The quantitative estimate of drug-likeness (QED) is 0.856. The van der Waals surface area contributed by atoms with Crippen LogP contribution in [0.4, 0.5) is 13.2 Å².